The molecular weight excluding hydrogens is 566 g/mol. The van der Waals surface area contributed by atoms with Crippen LogP contribution in [0.3, 0.4) is 0 Å². The fourth-order valence-electron chi connectivity index (χ4n) is 3.80. The highest BCUT2D eigenvalue weighted by Gasteiger charge is 2.38. The van der Waals surface area contributed by atoms with Crippen LogP contribution in [0.2, 0.25) is 0 Å². The Balaban J connectivity index is 1.54. The third-order valence-corrected chi connectivity index (χ3v) is 7.97. The monoisotopic (exact) mass is 585 g/mol. The van der Waals surface area contributed by atoms with Crippen molar-refractivity contribution in [2.75, 3.05) is 24.8 Å². The van der Waals surface area contributed by atoms with Crippen molar-refractivity contribution < 1.29 is 14.3 Å². The molecule has 0 spiro atoms. The minimum Gasteiger partial charge on any atom is -0.496 e. The zero-order chi connectivity index (χ0) is 25.1. The number of anilines is 1. The maximum absolute atomic E-state index is 13.3. The summed E-state index contributed by atoms with van der Waals surface area (Å²) in [6.07, 6.45) is 0. The number of aromatic nitrogens is 6. The molecule has 0 fully saturated rings. The summed E-state index contributed by atoms with van der Waals surface area (Å²) in [6, 6.07) is 14.8. The van der Waals surface area contributed by atoms with Crippen molar-refractivity contribution in [1.29, 1.82) is 0 Å². The summed E-state index contributed by atoms with van der Waals surface area (Å²) in [5.41, 5.74) is 2.75. The second-order valence-corrected chi connectivity index (χ2v) is 10.6. The fourth-order valence-corrected chi connectivity index (χ4v) is 6.01. The summed E-state index contributed by atoms with van der Waals surface area (Å²) in [4.78, 5) is 13.3. The molecule has 0 saturated heterocycles. The number of ether oxygens (including phenoxy) is 2. The topological polar surface area (TPSA) is 117 Å². The van der Waals surface area contributed by atoms with E-state index < -0.39 is 12.0 Å². The summed E-state index contributed by atoms with van der Waals surface area (Å²) >= 11 is 6.48. The van der Waals surface area contributed by atoms with Crippen molar-refractivity contribution in [3.63, 3.8) is 0 Å². The summed E-state index contributed by atoms with van der Waals surface area (Å²) in [5.74, 6) is 0.943. The Labute approximate surface area is 223 Å². The molecule has 184 valence electrons. The smallest absolute Gasteiger partial charge is 0.338 e. The summed E-state index contributed by atoms with van der Waals surface area (Å²) < 4.78 is 14.2. The molecule has 36 heavy (non-hydrogen) atoms. The van der Waals surface area contributed by atoms with Crippen LogP contribution >= 0.6 is 39.0 Å². The van der Waals surface area contributed by atoms with Gasteiger partial charge in [0.25, 0.3) is 0 Å². The van der Waals surface area contributed by atoms with E-state index in [2.05, 4.69) is 47.0 Å². The predicted octanol–water partition coefficient (Wildman–Crippen LogP) is 4.59. The van der Waals surface area contributed by atoms with Gasteiger partial charge in [0.05, 0.1) is 19.3 Å². The standard InChI is InChI=1S/C23H20BrN7O3S2/c1-3-34-21(32)18-16(12-35-23-28-26-20(36-23)13-7-5-4-6-8-13)25-22-27-29-30-31(22)19(18)15-11-14(24)9-10-17(15)33-2/h4-11,19H,3,12H2,1-2H3,(H,25,27,30). The van der Waals surface area contributed by atoms with Crippen molar-refractivity contribution >= 4 is 50.9 Å². The highest BCUT2D eigenvalue weighted by Crippen LogP contribution is 2.41. The Hall–Kier alpha value is -3.29. The Morgan fingerprint density at radius 2 is 2.03 bits per heavy atom. The van der Waals surface area contributed by atoms with Gasteiger partial charge >= 0.3 is 5.97 Å². The third kappa shape index (κ3) is 4.86. The molecule has 0 saturated carbocycles. The van der Waals surface area contributed by atoms with Gasteiger partial charge in [-0.05, 0) is 35.5 Å². The van der Waals surface area contributed by atoms with Crippen molar-refractivity contribution in [2.45, 2.75) is 17.3 Å². The highest BCUT2D eigenvalue weighted by atomic mass is 79.9. The first-order valence-electron chi connectivity index (χ1n) is 10.9. The van der Waals surface area contributed by atoms with E-state index in [1.54, 1.807) is 18.7 Å². The average molecular weight is 586 g/mol. The number of carbonyl (C=O) groups excluding carboxylic acids is 1. The average Bonchev–Trinajstić information content (AvgIpc) is 3.57. The maximum atomic E-state index is 13.3. The molecule has 13 heteroatoms. The first-order valence-corrected chi connectivity index (χ1v) is 13.5. The van der Waals surface area contributed by atoms with Crippen LogP contribution < -0.4 is 10.1 Å². The largest absolute Gasteiger partial charge is 0.496 e. The van der Waals surface area contributed by atoms with Gasteiger partial charge in [0.2, 0.25) is 5.95 Å². The SMILES string of the molecule is CCOC(=O)C1=C(CSc2nnc(-c3ccccc3)s2)Nc2nnnn2C1c1cc(Br)ccc1OC. The third-order valence-electron chi connectivity index (χ3n) is 5.35. The van der Waals surface area contributed by atoms with Crippen molar-refractivity contribution in [3.8, 4) is 16.3 Å². The van der Waals surface area contributed by atoms with Gasteiger partial charge in [0.1, 0.15) is 16.8 Å². The first kappa shape index (κ1) is 24.4. The van der Waals surface area contributed by atoms with E-state index in [1.165, 1.54) is 23.1 Å². The number of fused-ring (bicyclic) bond motifs is 1. The van der Waals surface area contributed by atoms with Gasteiger partial charge in [0, 0.05) is 27.0 Å². The number of rotatable bonds is 8. The number of nitrogens with zero attached hydrogens (tertiary/aromatic N) is 6. The number of nitrogens with one attached hydrogen (secondary N) is 1. The van der Waals surface area contributed by atoms with Crippen LogP contribution in [0.15, 0.2) is 68.6 Å². The molecule has 0 amide bonds. The van der Waals surface area contributed by atoms with E-state index in [9.17, 15) is 4.79 Å². The van der Waals surface area contributed by atoms with Crippen LogP contribution in [-0.4, -0.2) is 55.8 Å². The molecule has 2 aromatic carbocycles. The molecular formula is C23H20BrN7O3S2. The number of benzene rings is 2. The lowest BCUT2D eigenvalue weighted by Crippen LogP contribution is -2.31. The molecule has 0 aliphatic carbocycles. The van der Waals surface area contributed by atoms with Crippen LogP contribution in [0.4, 0.5) is 5.95 Å². The Kier molecular flexibility index (Phi) is 7.30. The van der Waals surface area contributed by atoms with Crippen molar-refractivity contribution in [1.82, 2.24) is 30.4 Å². The van der Waals surface area contributed by atoms with E-state index in [1.807, 2.05) is 48.5 Å². The van der Waals surface area contributed by atoms with E-state index in [0.717, 1.165) is 24.9 Å². The number of tetrazole rings is 1. The van der Waals surface area contributed by atoms with E-state index in [4.69, 9.17) is 9.47 Å². The van der Waals surface area contributed by atoms with Gasteiger partial charge in [-0.15, -0.1) is 10.2 Å². The molecule has 1 aliphatic rings. The van der Waals surface area contributed by atoms with Crippen LogP contribution in [0.1, 0.15) is 18.5 Å². The summed E-state index contributed by atoms with van der Waals surface area (Å²) in [7, 11) is 1.58. The predicted molar refractivity (Wildman–Crippen MR) is 140 cm³/mol. The number of thioether (sulfide) groups is 1. The summed E-state index contributed by atoms with van der Waals surface area (Å²) in [6.45, 7) is 2.00. The van der Waals surface area contributed by atoms with E-state index in [-0.39, 0.29) is 6.61 Å². The molecule has 4 aromatic rings. The van der Waals surface area contributed by atoms with Gasteiger partial charge in [-0.1, -0.05) is 74.5 Å². The second-order valence-electron chi connectivity index (χ2n) is 7.50. The lowest BCUT2D eigenvalue weighted by Gasteiger charge is -2.29. The quantitative estimate of drug-likeness (QED) is 0.232. The van der Waals surface area contributed by atoms with Gasteiger partial charge in [-0.2, -0.15) is 4.68 Å². The van der Waals surface area contributed by atoms with E-state index in [0.29, 0.717) is 28.7 Å². The van der Waals surface area contributed by atoms with Crippen LogP contribution in [0, 0.1) is 0 Å². The number of hydrogen-bond donors (Lipinski definition) is 1. The van der Waals surface area contributed by atoms with Crippen LogP contribution in [0.25, 0.3) is 10.6 Å². The lowest BCUT2D eigenvalue weighted by molar-refractivity contribution is -0.139. The molecule has 3 heterocycles. The first-order chi connectivity index (χ1) is 17.6. The molecule has 1 N–H and O–H groups in total. The van der Waals surface area contributed by atoms with Crippen LogP contribution in [-0.2, 0) is 9.53 Å². The summed E-state index contributed by atoms with van der Waals surface area (Å²) in [5, 5.41) is 24.8. The Bertz CT molecular complexity index is 1420. The molecule has 0 bridgehead atoms. The Morgan fingerprint density at radius 3 is 2.81 bits per heavy atom. The number of esters is 1. The molecule has 2 aromatic heterocycles. The molecule has 10 nitrogen and oxygen atoms in total. The molecule has 0 radical (unpaired) electrons. The highest BCUT2D eigenvalue weighted by molar-refractivity contribution is 9.10. The molecule has 1 atom stereocenters. The van der Waals surface area contributed by atoms with Gasteiger partial charge in [0.15, 0.2) is 4.34 Å². The lowest BCUT2D eigenvalue weighted by atomic mass is 9.95. The zero-order valence-corrected chi connectivity index (χ0v) is 22.4. The maximum Gasteiger partial charge on any atom is 0.338 e. The number of hydrogen-bond acceptors (Lipinski definition) is 11. The fraction of sp³-hybridized carbons (Fsp3) is 0.217. The van der Waals surface area contributed by atoms with Crippen molar-refractivity contribution in [2.24, 2.45) is 0 Å². The number of methoxy groups -OCH3 is 1. The number of carbonyl (C=O) groups is 1. The molecule has 1 unspecified atom stereocenters. The van der Waals surface area contributed by atoms with Gasteiger partial charge in [-0.3, -0.25) is 0 Å². The van der Waals surface area contributed by atoms with Crippen molar-refractivity contribution in [3.05, 3.63) is 69.8 Å². The second kappa shape index (κ2) is 10.8. The zero-order valence-electron chi connectivity index (χ0n) is 19.2. The molecule has 5 rings (SSSR count). The van der Waals surface area contributed by atoms with E-state index >= 15 is 0 Å². The molecule has 1 aliphatic heterocycles. The minimum atomic E-state index is -0.660. The normalized spacial score (nSPS) is 14.8. The number of halogens is 1. The van der Waals surface area contributed by atoms with Gasteiger partial charge in [-0.25, -0.2) is 4.79 Å². The van der Waals surface area contributed by atoms with Crippen LogP contribution in [0.5, 0.6) is 5.75 Å². The van der Waals surface area contributed by atoms with Gasteiger partial charge < -0.3 is 14.8 Å². The Morgan fingerprint density at radius 1 is 1.19 bits per heavy atom. The minimum absolute atomic E-state index is 0.227.